The largest absolute Gasteiger partial charge is 0.455 e. The number of para-hydroxylation sites is 7. The summed E-state index contributed by atoms with van der Waals surface area (Å²) in [5.74, 6) is 1.75. The van der Waals surface area contributed by atoms with Crippen LogP contribution in [0.1, 0.15) is 0 Å². The molecule has 8 heteroatoms. The lowest BCUT2D eigenvalue weighted by molar-refractivity contribution is 0.673. The number of nitrogens with zero attached hydrogens (tertiary/aromatic N) is 6. The summed E-state index contributed by atoms with van der Waals surface area (Å²) in [7, 11) is 0. The molecule has 13 aromatic carbocycles. The van der Waals surface area contributed by atoms with Crippen LogP contribution in [0.15, 0.2) is 314 Å². The first-order valence-electron chi connectivity index (χ1n) is 30.3. The van der Waals surface area contributed by atoms with Crippen molar-refractivity contribution in [3.8, 4) is 73.2 Å². The van der Waals surface area contributed by atoms with E-state index in [4.69, 9.17) is 19.4 Å². The van der Waals surface area contributed by atoms with Gasteiger partial charge in [-0.2, -0.15) is 0 Å². The Bertz CT molecular complexity index is 5300. The first-order valence-corrected chi connectivity index (χ1v) is 30.3. The summed E-state index contributed by atoms with van der Waals surface area (Å²) in [4.78, 5) is 20.9. The molecule has 414 valence electrons. The third-order valence-electron chi connectivity index (χ3n) is 18.0. The minimum atomic E-state index is 0.0228. The van der Waals surface area contributed by atoms with Gasteiger partial charge in [0.1, 0.15) is 11.2 Å². The van der Waals surface area contributed by atoms with Crippen molar-refractivity contribution in [1.82, 2.24) is 19.5 Å². The van der Waals surface area contributed by atoms with Crippen molar-refractivity contribution >= 4 is 101 Å². The zero-order chi connectivity index (χ0) is 58.5. The Morgan fingerprint density at radius 2 is 0.775 bits per heavy atom. The average molecular weight is 1140 g/mol. The Hall–Kier alpha value is -11.9. The molecule has 0 aliphatic carbocycles. The molecule has 16 aromatic rings. The SMILES string of the molecule is c1ccc(-c2nc(-c3ccccc3)nc(-c3cccc(-c4cccc(-c5cccc(-c6cc7c8c(c6)N(c6ccccc6)c6ccccc6B8c6ccccc6N7c6ccccc6)c5)c4)c3-n3c4ccccc4c4c5oc6ccccc6c5ccc43)n2)cc1. The molecule has 0 fully saturated rings. The number of aromatic nitrogens is 4. The molecule has 2 aliphatic heterocycles. The molecule has 5 heterocycles. The monoisotopic (exact) mass is 1130 g/mol. The zero-order valence-corrected chi connectivity index (χ0v) is 48.1. The van der Waals surface area contributed by atoms with Crippen LogP contribution in [0.4, 0.5) is 34.1 Å². The Kier molecular flexibility index (Phi) is 11.6. The number of rotatable bonds is 9. The number of benzene rings is 13. The molecule has 7 nitrogen and oxygen atoms in total. The molecular formula is C81H51BN6O. The molecule has 2 aliphatic rings. The van der Waals surface area contributed by atoms with Gasteiger partial charge < -0.3 is 18.8 Å². The third-order valence-corrected chi connectivity index (χ3v) is 18.0. The summed E-state index contributed by atoms with van der Waals surface area (Å²) in [6, 6.07) is 111. The molecule has 0 saturated carbocycles. The van der Waals surface area contributed by atoms with Crippen molar-refractivity contribution in [2.24, 2.45) is 0 Å². The first kappa shape index (κ1) is 50.5. The Labute approximate surface area is 514 Å². The fourth-order valence-electron chi connectivity index (χ4n) is 14.1. The molecule has 3 aromatic heterocycles. The smallest absolute Gasteiger partial charge is 0.252 e. The van der Waals surface area contributed by atoms with Gasteiger partial charge in [0.05, 0.1) is 22.1 Å². The number of anilines is 6. The number of furan rings is 1. The van der Waals surface area contributed by atoms with Crippen LogP contribution in [0.3, 0.4) is 0 Å². The summed E-state index contributed by atoms with van der Waals surface area (Å²) in [6.45, 7) is 0.0228. The summed E-state index contributed by atoms with van der Waals surface area (Å²) in [5.41, 5.74) is 24.6. The van der Waals surface area contributed by atoms with Crippen molar-refractivity contribution in [3.05, 3.63) is 309 Å². The van der Waals surface area contributed by atoms with Crippen molar-refractivity contribution in [3.63, 3.8) is 0 Å². The van der Waals surface area contributed by atoms with Gasteiger partial charge in [0.15, 0.2) is 17.5 Å². The van der Waals surface area contributed by atoms with Gasteiger partial charge in [-0.05, 0) is 135 Å². The molecule has 0 N–H and O–H groups in total. The van der Waals surface area contributed by atoms with Crippen LogP contribution in [0.25, 0.3) is 117 Å². The lowest BCUT2D eigenvalue weighted by Crippen LogP contribution is -2.61. The van der Waals surface area contributed by atoms with E-state index in [1.54, 1.807) is 0 Å². The predicted octanol–water partition coefficient (Wildman–Crippen LogP) is 19.0. The van der Waals surface area contributed by atoms with E-state index in [-0.39, 0.29) is 6.71 Å². The van der Waals surface area contributed by atoms with Crippen LogP contribution in [0.2, 0.25) is 0 Å². The van der Waals surface area contributed by atoms with Crippen LogP contribution in [0, 0.1) is 0 Å². The van der Waals surface area contributed by atoms with Crippen LogP contribution >= 0.6 is 0 Å². The highest BCUT2D eigenvalue weighted by Crippen LogP contribution is 2.48. The van der Waals surface area contributed by atoms with E-state index in [1.165, 1.54) is 39.1 Å². The summed E-state index contributed by atoms with van der Waals surface area (Å²) in [6.07, 6.45) is 0. The van der Waals surface area contributed by atoms with E-state index in [0.29, 0.717) is 17.5 Å². The quantitative estimate of drug-likeness (QED) is 0.134. The molecule has 0 radical (unpaired) electrons. The number of hydrogen-bond donors (Lipinski definition) is 0. The number of fused-ring (bicyclic) bond motifs is 11. The van der Waals surface area contributed by atoms with E-state index < -0.39 is 0 Å². The van der Waals surface area contributed by atoms with Crippen LogP contribution < -0.4 is 26.2 Å². The zero-order valence-electron chi connectivity index (χ0n) is 48.1. The lowest BCUT2D eigenvalue weighted by Gasteiger charge is -2.44. The summed E-state index contributed by atoms with van der Waals surface area (Å²) in [5, 5.41) is 4.30. The molecule has 0 amide bonds. The van der Waals surface area contributed by atoms with Crippen LogP contribution in [-0.4, -0.2) is 26.2 Å². The summed E-state index contributed by atoms with van der Waals surface area (Å²) >= 11 is 0. The average Bonchev–Trinajstić information content (AvgIpc) is 1.70. The fourth-order valence-corrected chi connectivity index (χ4v) is 14.1. The van der Waals surface area contributed by atoms with E-state index in [2.05, 4.69) is 281 Å². The second-order valence-electron chi connectivity index (χ2n) is 23.0. The van der Waals surface area contributed by atoms with Crippen LogP contribution in [0.5, 0.6) is 0 Å². The maximum absolute atomic E-state index is 6.86. The minimum absolute atomic E-state index is 0.0228. The summed E-state index contributed by atoms with van der Waals surface area (Å²) < 4.78 is 9.27. The lowest BCUT2D eigenvalue weighted by atomic mass is 9.33. The minimum Gasteiger partial charge on any atom is -0.455 e. The van der Waals surface area contributed by atoms with Crippen molar-refractivity contribution in [1.29, 1.82) is 0 Å². The highest BCUT2D eigenvalue weighted by Gasteiger charge is 2.43. The first-order chi connectivity index (χ1) is 44.2. The Morgan fingerprint density at radius 1 is 0.303 bits per heavy atom. The van der Waals surface area contributed by atoms with Gasteiger partial charge in [0.2, 0.25) is 0 Å². The van der Waals surface area contributed by atoms with Gasteiger partial charge in [-0.3, -0.25) is 0 Å². The van der Waals surface area contributed by atoms with Gasteiger partial charge in [-0.25, -0.2) is 15.0 Å². The topological polar surface area (TPSA) is 63.2 Å². The second kappa shape index (κ2) is 20.4. The molecule has 18 rings (SSSR count). The van der Waals surface area contributed by atoms with Gasteiger partial charge in [0, 0.05) is 72.5 Å². The van der Waals surface area contributed by atoms with Gasteiger partial charge in [-0.1, -0.05) is 218 Å². The van der Waals surface area contributed by atoms with Gasteiger partial charge >= 0.3 is 0 Å². The fraction of sp³-hybridized carbons (Fsp3) is 0. The molecular weight excluding hydrogens is 1080 g/mol. The van der Waals surface area contributed by atoms with E-state index in [9.17, 15) is 0 Å². The Morgan fingerprint density at radius 3 is 1.40 bits per heavy atom. The van der Waals surface area contributed by atoms with Crippen LogP contribution in [-0.2, 0) is 0 Å². The normalized spacial score (nSPS) is 12.4. The third kappa shape index (κ3) is 8.11. The maximum Gasteiger partial charge on any atom is 0.252 e. The molecule has 89 heavy (non-hydrogen) atoms. The number of hydrogen-bond acceptors (Lipinski definition) is 6. The van der Waals surface area contributed by atoms with E-state index in [0.717, 1.165) is 111 Å². The van der Waals surface area contributed by atoms with Crippen molar-refractivity contribution < 1.29 is 4.42 Å². The maximum atomic E-state index is 6.86. The van der Waals surface area contributed by atoms with Crippen molar-refractivity contribution in [2.75, 3.05) is 9.80 Å². The molecule has 0 spiro atoms. The molecule has 0 saturated heterocycles. The second-order valence-corrected chi connectivity index (χ2v) is 23.0. The van der Waals surface area contributed by atoms with Gasteiger partial charge in [0.25, 0.3) is 6.71 Å². The van der Waals surface area contributed by atoms with Crippen molar-refractivity contribution in [2.45, 2.75) is 0 Å². The predicted molar refractivity (Wildman–Crippen MR) is 368 cm³/mol. The molecule has 0 bridgehead atoms. The molecule has 0 atom stereocenters. The highest BCUT2D eigenvalue weighted by atomic mass is 16.3. The Balaban J connectivity index is 0.846. The van der Waals surface area contributed by atoms with Gasteiger partial charge in [-0.15, -0.1) is 0 Å². The molecule has 0 unspecified atom stereocenters. The van der Waals surface area contributed by atoms with E-state index >= 15 is 0 Å². The highest BCUT2D eigenvalue weighted by molar-refractivity contribution is 7.00. The van der Waals surface area contributed by atoms with E-state index in [1.807, 2.05) is 42.5 Å². The standard InChI is InChI=1S/C81H51BN6O/c1-5-24-52(25-6-1)79-83-80(53-26-7-2-8-27-53)85-81(84-79)65-39-23-38-61(77(65)88-68-42-17-13-37-64(68)75-71(88)47-46-63-62-36-14-20-45-74(62)89-78(63)75)57-31-22-29-55(49-57)54-28-21-30-56(48-54)58-50-72-76-73(51-58)87(60-34-11-4-12-35-60)70-44-19-16-41-67(70)82(76)66-40-15-18-43-69(66)86(72)59-32-9-3-10-33-59/h1-51H.